The molecule has 0 aromatic heterocycles. The van der Waals surface area contributed by atoms with Gasteiger partial charge in [-0.25, -0.2) is 0 Å². The molecule has 0 aliphatic carbocycles. The lowest BCUT2D eigenvalue weighted by molar-refractivity contribution is 0.485. The van der Waals surface area contributed by atoms with Crippen LogP contribution in [0.25, 0.3) is 12.2 Å². The Kier molecular flexibility index (Phi) is 5.06. The first kappa shape index (κ1) is 16.3. The van der Waals surface area contributed by atoms with Crippen LogP contribution in [0.3, 0.4) is 0 Å². The highest BCUT2D eigenvalue weighted by molar-refractivity contribution is 7.87. The Hall–Kier alpha value is -2.04. The van der Waals surface area contributed by atoms with Crippen molar-refractivity contribution in [2.24, 2.45) is 0 Å². The van der Waals surface area contributed by atoms with E-state index >= 15 is 0 Å². The highest BCUT2D eigenvalue weighted by Gasteiger charge is 2.21. The van der Waals surface area contributed by atoms with E-state index in [1.807, 2.05) is 0 Å². The molecule has 0 fully saturated rings. The minimum Gasteiger partial charge on any atom is -0.378 e. The summed E-state index contributed by atoms with van der Waals surface area (Å²) in [5, 5.41) is 0. The molecule has 2 rings (SSSR count). The number of halogens is 1. The Bertz CT molecular complexity index is 810. The third-order valence-corrected chi connectivity index (χ3v) is 4.71. The lowest BCUT2D eigenvalue weighted by Gasteiger charge is -2.13. The molecule has 2 aromatic rings. The van der Waals surface area contributed by atoms with Crippen molar-refractivity contribution in [3.63, 3.8) is 0 Å². The van der Waals surface area contributed by atoms with Gasteiger partial charge in [-0.2, -0.15) is 8.42 Å². The summed E-state index contributed by atoms with van der Waals surface area (Å²) in [7, 11) is -3.98. The van der Waals surface area contributed by atoms with E-state index in [9.17, 15) is 8.42 Å². The Morgan fingerprint density at radius 3 is 2.41 bits per heavy atom. The second-order valence-corrected chi connectivity index (χ2v) is 6.23. The molecule has 0 saturated heterocycles. The summed E-state index contributed by atoms with van der Waals surface area (Å²) in [5.74, 6) is 0.439. The van der Waals surface area contributed by atoms with Crippen molar-refractivity contribution in [3.8, 4) is 5.75 Å². The number of benzene rings is 2. The van der Waals surface area contributed by atoms with Crippen LogP contribution in [0.15, 0.2) is 60.5 Å². The van der Waals surface area contributed by atoms with Crippen molar-refractivity contribution in [1.29, 1.82) is 0 Å². The summed E-state index contributed by atoms with van der Waals surface area (Å²) in [6, 6.07) is 11.6. The van der Waals surface area contributed by atoms with Crippen LogP contribution in [-0.2, 0) is 16.0 Å². The molecule has 0 radical (unpaired) electrons. The largest absolute Gasteiger partial charge is 0.378 e. The van der Waals surface area contributed by atoms with E-state index in [0.717, 1.165) is 5.56 Å². The molecule has 0 bridgehead atoms. The van der Waals surface area contributed by atoms with Gasteiger partial charge in [0.05, 0.1) is 0 Å². The summed E-state index contributed by atoms with van der Waals surface area (Å²) < 4.78 is 30.3. The fourth-order valence-corrected chi connectivity index (χ4v) is 3.44. The van der Waals surface area contributed by atoms with Gasteiger partial charge in [-0.1, -0.05) is 55.6 Å². The molecule has 5 heteroatoms. The maximum absolute atomic E-state index is 12.5. The van der Waals surface area contributed by atoms with E-state index in [0.29, 0.717) is 11.1 Å². The predicted octanol–water partition coefficient (Wildman–Crippen LogP) is 4.48. The van der Waals surface area contributed by atoms with E-state index < -0.39 is 10.1 Å². The zero-order valence-corrected chi connectivity index (χ0v) is 13.4. The van der Waals surface area contributed by atoms with Gasteiger partial charge in [0.1, 0.15) is 10.6 Å². The molecule has 0 unspecified atom stereocenters. The minimum atomic E-state index is -3.98. The summed E-state index contributed by atoms with van der Waals surface area (Å²) in [6.45, 7) is 7.31. The maximum Gasteiger partial charge on any atom is 0.339 e. The van der Waals surface area contributed by atoms with Crippen molar-refractivity contribution in [2.45, 2.75) is 10.8 Å². The van der Waals surface area contributed by atoms with Gasteiger partial charge in [0, 0.05) is 11.4 Å². The van der Waals surface area contributed by atoms with E-state index in [-0.39, 0.29) is 16.5 Å². The van der Waals surface area contributed by atoms with Gasteiger partial charge >= 0.3 is 10.1 Å². The lowest BCUT2D eigenvalue weighted by Crippen LogP contribution is -2.12. The first-order valence-corrected chi connectivity index (χ1v) is 8.44. The molecule has 0 amide bonds. The summed E-state index contributed by atoms with van der Waals surface area (Å²) in [6.07, 6.45) is 3.00. The molecule has 0 spiro atoms. The van der Waals surface area contributed by atoms with E-state index in [1.54, 1.807) is 36.4 Å². The zero-order valence-electron chi connectivity index (χ0n) is 11.8. The van der Waals surface area contributed by atoms with Crippen molar-refractivity contribution < 1.29 is 12.6 Å². The molecule has 3 nitrogen and oxygen atoms in total. The van der Waals surface area contributed by atoms with Crippen LogP contribution in [0.4, 0.5) is 0 Å². The topological polar surface area (TPSA) is 43.4 Å². The van der Waals surface area contributed by atoms with E-state index in [2.05, 4.69) is 13.2 Å². The van der Waals surface area contributed by atoms with Gasteiger partial charge in [-0.15, -0.1) is 11.6 Å². The van der Waals surface area contributed by atoms with Crippen molar-refractivity contribution >= 4 is 33.9 Å². The molecule has 2 aromatic carbocycles. The number of hydrogen-bond acceptors (Lipinski definition) is 3. The zero-order chi connectivity index (χ0) is 16.2. The van der Waals surface area contributed by atoms with Gasteiger partial charge in [0.15, 0.2) is 0 Å². The average Bonchev–Trinajstić information content (AvgIpc) is 2.54. The molecular weight excluding hydrogens is 320 g/mol. The fraction of sp³-hybridized carbons (Fsp3) is 0.0588. The van der Waals surface area contributed by atoms with Crippen molar-refractivity contribution in [1.82, 2.24) is 0 Å². The van der Waals surface area contributed by atoms with E-state index in [1.165, 1.54) is 18.2 Å². The second kappa shape index (κ2) is 6.81. The summed E-state index contributed by atoms with van der Waals surface area (Å²) >= 11 is 5.85. The highest BCUT2D eigenvalue weighted by Crippen LogP contribution is 2.29. The molecular formula is C17H15ClO3S. The Morgan fingerprint density at radius 2 is 1.77 bits per heavy atom. The number of rotatable bonds is 6. The molecule has 114 valence electrons. The smallest absolute Gasteiger partial charge is 0.339 e. The van der Waals surface area contributed by atoms with Crippen LogP contribution < -0.4 is 4.18 Å². The summed E-state index contributed by atoms with van der Waals surface area (Å²) in [5.41, 5.74) is 1.80. The molecule has 0 atom stereocenters. The molecule has 0 saturated carbocycles. The molecule has 0 aliphatic heterocycles. The maximum atomic E-state index is 12.5. The third-order valence-electron chi connectivity index (χ3n) is 3.11. The molecule has 0 heterocycles. The standard InChI is InChI=1S/C17H15ClO3S/c1-3-13-8-5-6-11-17(13)22(19,20)21-16-10-7-9-14(12-18)15(16)4-2/h3-11H,1-2,12H2. The summed E-state index contributed by atoms with van der Waals surface area (Å²) in [4.78, 5) is 0.0660. The van der Waals surface area contributed by atoms with E-state index in [4.69, 9.17) is 15.8 Å². The van der Waals surface area contributed by atoms with Crippen molar-refractivity contribution in [2.75, 3.05) is 0 Å². The van der Waals surface area contributed by atoms with Crippen LogP contribution in [0.5, 0.6) is 5.75 Å². The van der Waals surface area contributed by atoms with Crippen LogP contribution in [-0.4, -0.2) is 8.42 Å². The van der Waals surface area contributed by atoms with Gasteiger partial charge in [-0.05, 0) is 23.3 Å². The fourth-order valence-electron chi connectivity index (χ4n) is 2.05. The Labute approximate surface area is 135 Å². The average molecular weight is 335 g/mol. The van der Waals surface area contributed by atoms with Crippen molar-refractivity contribution in [3.05, 3.63) is 72.3 Å². The molecule has 0 aliphatic rings. The first-order chi connectivity index (χ1) is 10.5. The van der Waals surface area contributed by atoms with Gasteiger partial charge in [0.2, 0.25) is 0 Å². The van der Waals surface area contributed by atoms with Crippen LogP contribution in [0.2, 0.25) is 0 Å². The minimum absolute atomic E-state index is 0.0660. The number of hydrogen-bond donors (Lipinski definition) is 0. The first-order valence-electron chi connectivity index (χ1n) is 6.49. The normalized spacial score (nSPS) is 11.0. The monoisotopic (exact) mass is 334 g/mol. The van der Waals surface area contributed by atoms with Gasteiger partial charge < -0.3 is 4.18 Å². The van der Waals surface area contributed by atoms with Crippen LogP contribution >= 0.6 is 11.6 Å². The molecule has 22 heavy (non-hydrogen) atoms. The number of alkyl halides is 1. The van der Waals surface area contributed by atoms with Gasteiger partial charge in [0.25, 0.3) is 0 Å². The Morgan fingerprint density at radius 1 is 1.05 bits per heavy atom. The van der Waals surface area contributed by atoms with Gasteiger partial charge in [-0.3, -0.25) is 0 Å². The lowest BCUT2D eigenvalue weighted by atomic mass is 10.1. The van der Waals surface area contributed by atoms with Crippen LogP contribution in [0.1, 0.15) is 16.7 Å². The quantitative estimate of drug-likeness (QED) is 0.578. The highest BCUT2D eigenvalue weighted by atomic mass is 35.5. The van der Waals surface area contributed by atoms with Crippen LogP contribution in [0, 0.1) is 0 Å². The Balaban J connectivity index is 2.50. The SMILES string of the molecule is C=Cc1ccccc1S(=O)(=O)Oc1cccc(CCl)c1C=C. The molecule has 0 N–H and O–H groups in total. The second-order valence-electron chi connectivity index (χ2n) is 4.45. The predicted molar refractivity (Wildman–Crippen MR) is 90.4 cm³/mol. The third kappa shape index (κ3) is 3.24.